The predicted octanol–water partition coefficient (Wildman–Crippen LogP) is 4.08. The van der Waals surface area contributed by atoms with Crippen LogP contribution in [0.1, 0.15) is 10.4 Å². The standard InChI is InChI=1S/C13H9BrClFN2O/c14-11-2-1-9(16)6-12(11)18-13(19)7-3-8(15)5-10(17)4-7/h1-6H,17H2,(H,18,19). The van der Waals surface area contributed by atoms with Crippen LogP contribution in [0.4, 0.5) is 15.8 Å². The molecule has 0 aromatic heterocycles. The van der Waals surface area contributed by atoms with Crippen molar-refractivity contribution in [2.45, 2.75) is 0 Å². The maximum absolute atomic E-state index is 13.1. The van der Waals surface area contributed by atoms with E-state index in [1.165, 1.54) is 36.4 Å². The topological polar surface area (TPSA) is 55.1 Å². The fourth-order valence-corrected chi connectivity index (χ4v) is 2.12. The Kier molecular flexibility index (Phi) is 4.07. The number of carbonyl (C=O) groups excluding carboxylic acids is 1. The number of rotatable bonds is 2. The summed E-state index contributed by atoms with van der Waals surface area (Å²) in [5, 5.41) is 2.95. The summed E-state index contributed by atoms with van der Waals surface area (Å²) in [5.41, 5.74) is 6.64. The molecule has 0 saturated heterocycles. The molecule has 0 heterocycles. The Morgan fingerprint density at radius 1 is 1.26 bits per heavy atom. The van der Waals surface area contributed by atoms with Gasteiger partial charge in [0.25, 0.3) is 5.91 Å². The highest BCUT2D eigenvalue weighted by molar-refractivity contribution is 9.10. The van der Waals surface area contributed by atoms with Crippen molar-refractivity contribution >= 4 is 44.8 Å². The van der Waals surface area contributed by atoms with Gasteiger partial charge in [-0.25, -0.2) is 4.39 Å². The van der Waals surface area contributed by atoms with E-state index in [1.807, 2.05) is 0 Å². The normalized spacial score (nSPS) is 10.3. The Bertz CT molecular complexity index is 628. The first-order chi connectivity index (χ1) is 8.95. The molecule has 0 radical (unpaired) electrons. The van der Waals surface area contributed by atoms with E-state index in [2.05, 4.69) is 21.2 Å². The van der Waals surface area contributed by atoms with E-state index in [1.54, 1.807) is 0 Å². The predicted molar refractivity (Wildman–Crippen MR) is 77.9 cm³/mol. The monoisotopic (exact) mass is 342 g/mol. The minimum Gasteiger partial charge on any atom is -0.399 e. The number of nitrogens with one attached hydrogen (secondary N) is 1. The molecule has 3 nitrogen and oxygen atoms in total. The Morgan fingerprint density at radius 2 is 2.00 bits per heavy atom. The first kappa shape index (κ1) is 13.8. The van der Waals surface area contributed by atoms with Crippen molar-refractivity contribution in [3.63, 3.8) is 0 Å². The molecule has 0 bridgehead atoms. The minimum absolute atomic E-state index is 0.307. The molecular weight excluding hydrogens is 335 g/mol. The lowest BCUT2D eigenvalue weighted by molar-refractivity contribution is 0.102. The number of halogens is 3. The van der Waals surface area contributed by atoms with Gasteiger partial charge in [0.05, 0.1) is 5.69 Å². The van der Waals surface area contributed by atoms with E-state index in [0.717, 1.165) is 0 Å². The van der Waals surface area contributed by atoms with Crippen molar-refractivity contribution in [3.05, 3.63) is 57.3 Å². The molecule has 2 rings (SSSR count). The number of amides is 1. The van der Waals surface area contributed by atoms with Crippen LogP contribution in [-0.4, -0.2) is 5.91 Å². The average Bonchev–Trinajstić information content (AvgIpc) is 2.32. The third-order valence-electron chi connectivity index (χ3n) is 2.36. The molecule has 0 aliphatic carbocycles. The lowest BCUT2D eigenvalue weighted by Gasteiger charge is -2.08. The summed E-state index contributed by atoms with van der Waals surface area (Å²) in [6, 6.07) is 8.54. The van der Waals surface area contributed by atoms with Crippen LogP contribution in [0, 0.1) is 5.82 Å². The molecule has 3 N–H and O–H groups in total. The summed E-state index contributed by atoms with van der Waals surface area (Å²) in [4.78, 5) is 12.0. The highest BCUT2D eigenvalue weighted by Crippen LogP contribution is 2.24. The fourth-order valence-electron chi connectivity index (χ4n) is 1.53. The van der Waals surface area contributed by atoms with E-state index < -0.39 is 11.7 Å². The zero-order valence-electron chi connectivity index (χ0n) is 9.58. The second-order valence-corrected chi connectivity index (χ2v) is 5.14. The second-order valence-electron chi connectivity index (χ2n) is 3.85. The van der Waals surface area contributed by atoms with E-state index in [9.17, 15) is 9.18 Å². The van der Waals surface area contributed by atoms with Crippen LogP contribution in [0.2, 0.25) is 5.02 Å². The van der Waals surface area contributed by atoms with Crippen molar-refractivity contribution in [1.82, 2.24) is 0 Å². The van der Waals surface area contributed by atoms with E-state index in [4.69, 9.17) is 17.3 Å². The van der Waals surface area contributed by atoms with Gasteiger partial charge in [0.2, 0.25) is 0 Å². The zero-order valence-corrected chi connectivity index (χ0v) is 11.9. The number of benzene rings is 2. The number of nitrogens with two attached hydrogens (primary N) is 1. The van der Waals surface area contributed by atoms with Gasteiger partial charge in [0.15, 0.2) is 0 Å². The molecule has 6 heteroatoms. The van der Waals surface area contributed by atoms with Gasteiger partial charge in [-0.3, -0.25) is 4.79 Å². The van der Waals surface area contributed by atoms with Gasteiger partial charge in [-0.2, -0.15) is 0 Å². The SMILES string of the molecule is Nc1cc(Cl)cc(C(=O)Nc2cc(F)ccc2Br)c1. The van der Waals surface area contributed by atoms with Crippen LogP contribution in [0.3, 0.4) is 0 Å². The van der Waals surface area contributed by atoms with E-state index in [0.29, 0.717) is 26.4 Å². The lowest BCUT2D eigenvalue weighted by atomic mass is 10.2. The van der Waals surface area contributed by atoms with Crippen molar-refractivity contribution < 1.29 is 9.18 Å². The third-order valence-corrected chi connectivity index (χ3v) is 3.27. The summed E-state index contributed by atoms with van der Waals surface area (Å²) in [6.45, 7) is 0. The van der Waals surface area contributed by atoms with Crippen LogP contribution in [-0.2, 0) is 0 Å². The summed E-state index contributed by atoms with van der Waals surface area (Å²) >= 11 is 9.05. The van der Waals surface area contributed by atoms with Crippen LogP contribution in [0.15, 0.2) is 40.9 Å². The van der Waals surface area contributed by atoms with Gasteiger partial charge >= 0.3 is 0 Å². The van der Waals surface area contributed by atoms with Gasteiger partial charge in [0, 0.05) is 20.7 Å². The molecule has 0 saturated carbocycles. The molecule has 2 aromatic carbocycles. The lowest BCUT2D eigenvalue weighted by Crippen LogP contribution is -2.12. The van der Waals surface area contributed by atoms with Crippen LogP contribution in [0.5, 0.6) is 0 Å². The van der Waals surface area contributed by atoms with Crippen LogP contribution < -0.4 is 11.1 Å². The second kappa shape index (κ2) is 5.59. The molecule has 0 aliphatic heterocycles. The third kappa shape index (κ3) is 3.45. The average molecular weight is 344 g/mol. The van der Waals surface area contributed by atoms with Crippen molar-refractivity contribution in [1.29, 1.82) is 0 Å². The Morgan fingerprint density at radius 3 is 2.68 bits per heavy atom. The molecule has 0 spiro atoms. The smallest absolute Gasteiger partial charge is 0.255 e. The minimum atomic E-state index is -0.441. The Balaban J connectivity index is 2.28. The van der Waals surface area contributed by atoms with Gasteiger partial charge in [-0.05, 0) is 52.3 Å². The Labute approximate surface area is 122 Å². The van der Waals surface area contributed by atoms with Crippen molar-refractivity contribution in [2.75, 3.05) is 11.1 Å². The quantitative estimate of drug-likeness (QED) is 0.807. The van der Waals surface area contributed by atoms with Crippen LogP contribution >= 0.6 is 27.5 Å². The number of hydrogen-bond donors (Lipinski definition) is 2. The molecule has 1 amide bonds. The van der Waals surface area contributed by atoms with E-state index >= 15 is 0 Å². The summed E-state index contributed by atoms with van der Waals surface area (Å²) in [5.74, 6) is -0.857. The number of carbonyl (C=O) groups is 1. The zero-order chi connectivity index (χ0) is 14.0. The number of nitrogen functional groups attached to an aromatic ring is 1. The molecule has 19 heavy (non-hydrogen) atoms. The first-order valence-electron chi connectivity index (χ1n) is 5.28. The Hall–Kier alpha value is -1.59. The molecule has 0 fully saturated rings. The fraction of sp³-hybridized carbons (Fsp3) is 0. The van der Waals surface area contributed by atoms with Crippen LogP contribution in [0.25, 0.3) is 0 Å². The summed E-state index contributed by atoms with van der Waals surface area (Å²) in [6.07, 6.45) is 0. The van der Waals surface area contributed by atoms with Gasteiger partial charge in [-0.1, -0.05) is 11.6 Å². The highest BCUT2D eigenvalue weighted by Gasteiger charge is 2.10. The first-order valence-corrected chi connectivity index (χ1v) is 6.45. The summed E-state index contributed by atoms with van der Waals surface area (Å²) in [7, 11) is 0. The number of hydrogen-bond acceptors (Lipinski definition) is 2. The molecule has 2 aromatic rings. The summed E-state index contributed by atoms with van der Waals surface area (Å²) < 4.78 is 13.7. The molecule has 0 atom stereocenters. The maximum atomic E-state index is 13.1. The molecule has 0 unspecified atom stereocenters. The van der Waals surface area contributed by atoms with Gasteiger partial charge in [-0.15, -0.1) is 0 Å². The van der Waals surface area contributed by atoms with Gasteiger partial charge < -0.3 is 11.1 Å². The van der Waals surface area contributed by atoms with Crippen molar-refractivity contribution in [2.24, 2.45) is 0 Å². The number of anilines is 2. The maximum Gasteiger partial charge on any atom is 0.255 e. The molecular formula is C13H9BrClFN2O. The molecule has 0 aliphatic rings. The van der Waals surface area contributed by atoms with Crippen molar-refractivity contribution in [3.8, 4) is 0 Å². The highest BCUT2D eigenvalue weighted by atomic mass is 79.9. The van der Waals surface area contributed by atoms with E-state index in [-0.39, 0.29) is 0 Å². The largest absolute Gasteiger partial charge is 0.399 e. The van der Waals surface area contributed by atoms with Gasteiger partial charge in [0.1, 0.15) is 5.82 Å². The molecule has 98 valence electrons.